The van der Waals surface area contributed by atoms with Crippen LogP contribution in [0.3, 0.4) is 0 Å². The van der Waals surface area contributed by atoms with Crippen LogP contribution < -0.4 is 0 Å². The second kappa shape index (κ2) is 7.52. The van der Waals surface area contributed by atoms with Gasteiger partial charge in [-0.05, 0) is 48.9 Å². The van der Waals surface area contributed by atoms with Crippen LogP contribution in [0, 0.1) is 0 Å². The Morgan fingerprint density at radius 1 is 1.12 bits per heavy atom. The van der Waals surface area contributed by atoms with Gasteiger partial charge in [0.1, 0.15) is 0 Å². The lowest BCUT2D eigenvalue weighted by Gasteiger charge is -2.37. The number of hydrogen-bond acceptors (Lipinski definition) is 5. The second-order valence-corrected chi connectivity index (χ2v) is 10.8. The van der Waals surface area contributed by atoms with Crippen LogP contribution in [0.4, 0.5) is 0 Å². The molecule has 0 spiro atoms. The Labute approximate surface area is 160 Å². The summed E-state index contributed by atoms with van der Waals surface area (Å²) in [6.45, 7) is 2.99. The van der Waals surface area contributed by atoms with Crippen LogP contribution in [0.15, 0.2) is 23.1 Å². The molecule has 3 aliphatic rings. The van der Waals surface area contributed by atoms with Crippen molar-refractivity contribution in [2.45, 2.75) is 36.6 Å². The lowest BCUT2D eigenvalue weighted by molar-refractivity contribution is -0.130. The molecule has 2 fully saturated rings. The Bertz CT molecular complexity index is 786. The Hall–Kier alpha value is -1.05. The molecule has 5 nitrogen and oxygen atoms in total. The maximum Gasteiger partial charge on any atom is 0.233 e. The van der Waals surface area contributed by atoms with Crippen molar-refractivity contribution >= 4 is 27.5 Å². The summed E-state index contributed by atoms with van der Waals surface area (Å²) in [5.74, 6) is 1.27. The number of fused-ring (bicyclic) bond motifs is 1. The van der Waals surface area contributed by atoms with Gasteiger partial charge in [-0.25, -0.2) is 8.42 Å². The predicted molar refractivity (Wildman–Crippen MR) is 104 cm³/mol. The molecule has 1 aromatic rings. The van der Waals surface area contributed by atoms with Gasteiger partial charge >= 0.3 is 0 Å². The predicted octanol–water partition coefficient (Wildman–Crippen LogP) is 1.60. The van der Waals surface area contributed by atoms with E-state index in [9.17, 15) is 13.2 Å². The number of carbonyl (C=O) groups excluding carboxylic acids is 1. The normalized spacial score (nSPS) is 25.4. The van der Waals surface area contributed by atoms with Crippen LogP contribution in [-0.2, 0) is 27.5 Å². The molecule has 0 bridgehead atoms. The fourth-order valence-corrected chi connectivity index (χ4v) is 6.90. The van der Waals surface area contributed by atoms with Crippen molar-refractivity contribution in [3.63, 3.8) is 0 Å². The van der Waals surface area contributed by atoms with E-state index in [0.717, 1.165) is 25.9 Å². The van der Waals surface area contributed by atoms with Crippen molar-refractivity contribution in [2.75, 3.05) is 43.4 Å². The van der Waals surface area contributed by atoms with Crippen molar-refractivity contribution in [2.24, 2.45) is 0 Å². The Morgan fingerprint density at radius 2 is 1.88 bits per heavy atom. The first-order valence-electron chi connectivity index (χ1n) is 9.47. The van der Waals surface area contributed by atoms with Crippen LogP contribution in [-0.4, -0.2) is 73.6 Å². The van der Waals surface area contributed by atoms with Crippen molar-refractivity contribution in [3.8, 4) is 0 Å². The zero-order chi connectivity index (χ0) is 18.1. The molecule has 0 aromatic heterocycles. The lowest BCUT2D eigenvalue weighted by Crippen LogP contribution is -2.52. The molecule has 0 saturated carbocycles. The molecule has 0 N–H and O–H groups in total. The zero-order valence-corrected chi connectivity index (χ0v) is 16.7. The smallest absolute Gasteiger partial charge is 0.233 e. The first kappa shape index (κ1) is 18.3. The molecule has 7 heteroatoms. The average molecular weight is 395 g/mol. The molecule has 2 heterocycles. The van der Waals surface area contributed by atoms with Gasteiger partial charge in [0.05, 0.1) is 17.3 Å². The third kappa shape index (κ3) is 4.10. The standard InChI is InChI=1S/C19H26N2O3S2/c22-19(13-25-18-5-4-15-2-1-3-16(15)12-18)21-9-7-20(8-10-21)17-6-11-26(23,24)14-17/h4-5,12,17H,1-3,6-11,13-14H2. The number of hydrogen-bond donors (Lipinski definition) is 0. The summed E-state index contributed by atoms with van der Waals surface area (Å²) < 4.78 is 23.3. The highest BCUT2D eigenvalue weighted by molar-refractivity contribution is 8.00. The first-order chi connectivity index (χ1) is 12.5. The molecule has 2 saturated heterocycles. The molecule has 26 heavy (non-hydrogen) atoms. The summed E-state index contributed by atoms with van der Waals surface area (Å²) in [5.41, 5.74) is 2.91. The lowest BCUT2D eigenvalue weighted by atomic mass is 10.1. The van der Waals surface area contributed by atoms with E-state index in [1.807, 2.05) is 4.90 Å². The molecule has 1 amide bonds. The maximum absolute atomic E-state index is 12.5. The van der Waals surface area contributed by atoms with Crippen molar-refractivity contribution in [1.82, 2.24) is 9.80 Å². The Morgan fingerprint density at radius 3 is 2.62 bits per heavy atom. The second-order valence-electron chi connectivity index (χ2n) is 7.55. The zero-order valence-electron chi connectivity index (χ0n) is 15.0. The van der Waals surface area contributed by atoms with Gasteiger partial charge in [0.15, 0.2) is 9.84 Å². The van der Waals surface area contributed by atoms with Gasteiger partial charge in [0.2, 0.25) is 5.91 Å². The van der Waals surface area contributed by atoms with Crippen LogP contribution in [0.5, 0.6) is 0 Å². The van der Waals surface area contributed by atoms with Gasteiger partial charge in [-0.2, -0.15) is 0 Å². The van der Waals surface area contributed by atoms with Gasteiger partial charge in [0, 0.05) is 37.1 Å². The molecule has 1 unspecified atom stereocenters. The molecule has 2 aliphatic heterocycles. The number of carbonyl (C=O) groups is 1. The molecule has 1 aliphatic carbocycles. The molecular weight excluding hydrogens is 368 g/mol. The summed E-state index contributed by atoms with van der Waals surface area (Å²) in [5, 5.41) is 0. The van der Waals surface area contributed by atoms with E-state index in [1.165, 1.54) is 28.9 Å². The SMILES string of the molecule is O=C(CSc1ccc2c(c1)CCC2)N1CCN(C2CCS(=O)(=O)C2)CC1. The molecule has 142 valence electrons. The number of amides is 1. The van der Waals surface area contributed by atoms with Gasteiger partial charge in [-0.3, -0.25) is 9.69 Å². The van der Waals surface area contributed by atoms with E-state index in [2.05, 4.69) is 23.1 Å². The first-order valence-corrected chi connectivity index (χ1v) is 12.3. The maximum atomic E-state index is 12.5. The quantitative estimate of drug-likeness (QED) is 0.726. The van der Waals surface area contributed by atoms with E-state index in [4.69, 9.17) is 0 Å². The third-order valence-corrected chi connectivity index (χ3v) is 8.55. The summed E-state index contributed by atoms with van der Waals surface area (Å²) in [6.07, 6.45) is 4.34. The Balaban J connectivity index is 1.25. The fraction of sp³-hybridized carbons (Fsp3) is 0.632. The minimum atomic E-state index is -2.84. The van der Waals surface area contributed by atoms with Crippen LogP contribution >= 0.6 is 11.8 Å². The van der Waals surface area contributed by atoms with Gasteiger partial charge in [-0.1, -0.05) is 6.07 Å². The summed E-state index contributed by atoms with van der Waals surface area (Å²) in [7, 11) is -2.84. The molecule has 1 atom stereocenters. The highest BCUT2D eigenvalue weighted by Crippen LogP contribution is 2.28. The number of sulfone groups is 1. The van der Waals surface area contributed by atoms with E-state index in [0.29, 0.717) is 24.6 Å². The fourth-order valence-electron chi connectivity index (χ4n) is 4.27. The van der Waals surface area contributed by atoms with Crippen molar-refractivity contribution < 1.29 is 13.2 Å². The van der Waals surface area contributed by atoms with Gasteiger partial charge < -0.3 is 4.90 Å². The number of benzene rings is 1. The van der Waals surface area contributed by atoms with Crippen LogP contribution in [0.2, 0.25) is 0 Å². The minimum Gasteiger partial charge on any atom is -0.339 e. The van der Waals surface area contributed by atoms with E-state index in [-0.39, 0.29) is 17.7 Å². The topological polar surface area (TPSA) is 57.7 Å². The number of piperazine rings is 1. The molecule has 1 aromatic carbocycles. The number of aryl methyl sites for hydroxylation is 2. The van der Waals surface area contributed by atoms with E-state index < -0.39 is 9.84 Å². The monoisotopic (exact) mass is 394 g/mol. The molecule has 0 radical (unpaired) electrons. The minimum absolute atomic E-state index is 0.151. The number of thioether (sulfide) groups is 1. The third-order valence-electron chi connectivity index (χ3n) is 5.82. The van der Waals surface area contributed by atoms with Gasteiger partial charge in [0.25, 0.3) is 0 Å². The largest absolute Gasteiger partial charge is 0.339 e. The summed E-state index contributed by atoms with van der Waals surface area (Å²) in [6, 6.07) is 6.75. The Kier molecular flexibility index (Phi) is 5.30. The van der Waals surface area contributed by atoms with Crippen molar-refractivity contribution in [3.05, 3.63) is 29.3 Å². The number of rotatable bonds is 4. The highest BCUT2D eigenvalue weighted by Gasteiger charge is 2.34. The van der Waals surface area contributed by atoms with Crippen LogP contribution in [0.25, 0.3) is 0 Å². The summed E-state index contributed by atoms with van der Waals surface area (Å²) in [4.78, 5) is 17.9. The van der Waals surface area contributed by atoms with Gasteiger partial charge in [-0.15, -0.1) is 11.8 Å². The highest BCUT2D eigenvalue weighted by atomic mass is 32.2. The average Bonchev–Trinajstić information content (AvgIpc) is 3.25. The van der Waals surface area contributed by atoms with Crippen LogP contribution in [0.1, 0.15) is 24.0 Å². The summed E-state index contributed by atoms with van der Waals surface area (Å²) >= 11 is 1.63. The van der Waals surface area contributed by atoms with E-state index >= 15 is 0 Å². The van der Waals surface area contributed by atoms with E-state index in [1.54, 1.807) is 11.8 Å². The van der Waals surface area contributed by atoms with Crippen molar-refractivity contribution in [1.29, 1.82) is 0 Å². The number of nitrogens with zero attached hydrogens (tertiary/aromatic N) is 2. The molecular formula is C19H26N2O3S2. The molecule has 4 rings (SSSR count).